The van der Waals surface area contributed by atoms with Crippen molar-refractivity contribution in [3.05, 3.63) is 23.0 Å². The third-order valence-electron chi connectivity index (χ3n) is 4.92. The summed E-state index contributed by atoms with van der Waals surface area (Å²) in [4.78, 5) is 6.65. The van der Waals surface area contributed by atoms with Crippen molar-refractivity contribution in [1.29, 1.82) is 0 Å². The first kappa shape index (κ1) is 18.7. The van der Waals surface area contributed by atoms with E-state index in [0.29, 0.717) is 24.2 Å². The largest absolute Gasteiger partial charge is 0.439 e. The lowest BCUT2D eigenvalue weighted by Crippen LogP contribution is -2.27. The zero-order chi connectivity index (χ0) is 18.6. The number of sulfone groups is 1. The molecule has 0 unspecified atom stereocenters. The Morgan fingerprint density at radius 2 is 1.92 bits per heavy atom. The summed E-state index contributed by atoms with van der Waals surface area (Å²) in [6.45, 7) is 5.93. The van der Waals surface area contributed by atoms with E-state index in [2.05, 4.69) is 9.88 Å². The Morgan fingerprint density at radius 3 is 2.48 bits per heavy atom. The predicted molar refractivity (Wildman–Crippen MR) is 100 cm³/mol. The number of benzene rings is 1. The van der Waals surface area contributed by atoms with Crippen LogP contribution in [0, 0.1) is 0 Å². The van der Waals surface area contributed by atoms with E-state index >= 15 is 0 Å². The number of halogens is 1. The molecular formula is C18H25ClN2O3S. The minimum Gasteiger partial charge on any atom is -0.439 e. The van der Waals surface area contributed by atoms with Gasteiger partial charge in [0.15, 0.2) is 15.4 Å². The highest BCUT2D eigenvalue weighted by atomic mass is 35.5. The lowest BCUT2D eigenvalue weighted by atomic mass is 9.97. The summed E-state index contributed by atoms with van der Waals surface area (Å²) in [7, 11) is 0.384. The maximum absolute atomic E-state index is 13.3. The highest BCUT2D eigenvalue weighted by Crippen LogP contribution is 2.39. The molecule has 1 aromatic heterocycles. The van der Waals surface area contributed by atoms with E-state index in [4.69, 9.17) is 16.0 Å². The van der Waals surface area contributed by atoms with Crippen molar-refractivity contribution >= 4 is 32.5 Å². The molecule has 0 saturated heterocycles. The van der Waals surface area contributed by atoms with Crippen molar-refractivity contribution in [2.24, 2.45) is 0 Å². The second-order valence-corrected chi connectivity index (χ2v) is 10.7. The van der Waals surface area contributed by atoms with E-state index in [1.165, 1.54) is 0 Å². The molecule has 1 saturated carbocycles. The third kappa shape index (κ3) is 3.32. The fraction of sp³-hybridized carbons (Fsp3) is 0.611. The quantitative estimate of drug-likeness (QED) is 0.799. The third-order valence-corrected chi connectivity index (χ3v) is 7.62. The zero-order valence-corrected chi connectivity index (χ0v) is 16.9. The van der Waals surface area contributed by atoms with Crippen LogP contribution >= 0.6 is 11.6 Å². The first-order chi connectivity index (χ1) is 11.5. The number of rotatable bonds is 3. The molecule has 0 aliphatic heterocycles. The fourth-order valence-electron chi connectivity index (χ4n) is 3.36. The van der Waals surface area contributed by atoms with Crippen LogP contribution in [0.3, 0.4) is 0 Å². The SMILES string of the molecule is CN(C)[C@@H]1CC[C@H](S(=O)(=O)c2c(Cl)ccc3nc(C(C)(C)C)oc23)C1. The van der Waals surface area contributed by atoms with Gasteiger partial charge < -0.3 is 9.32 Å². The monoisotopic (exact) mass is 384 g/mol. The van der Waals surface area contributed by atoms with Gasteiger partial charge in [-0.15, -0.1) is 0 Å². The van der Waals surface area contributed by atoms with Gasteiger partial charge in [-0.25, -0.2) is 13.4 Å². The van der Waals surface area contributed by atoms with Gasteiger partial charge in [0, 0.05) is 11.5 Å². The number of aromatic nitrogens is 1. The second-order valence-electron chi connectivity index (χ2n) is 8.09. The van der Waals surface area contributed by atoms with Crippen LogP contribution < -0.4 is 0 Å². The Balaban J connectivity index is 2.11. The summed E-state index contributed by atoms with van der Waals surface area (Å²) >= 11 is 6.31. The predicted octanol–water partition coefficient (Wildman–Crippen LogP) is 4.04. The molecule has 1 aliphatic carbocycles. The molecule has 1 heterocycles. The Hall–Kier alpha value is -1.11. The van der Waals surface area contributed by atoms with Crippen LogP contribution in [0.5, 0.6) is 0 Å². The first-order valence-electron chi connectivity index (χ1n) is 8.51. The Bertz CT molecular complexity index is 897. The minimum absolute atomic E-state index is 0.0964. The van der Waals surface area contributed by atoms with Gasteiger partial charge in [0.1, 0.15) is 10.4 Å². The van der Waals surface area contributed by atoms with Crippen molar-refractivity contribution in [2.75, 3.05) is 14.1 Å². The lowest BCUT2D eigenvalue weighted by Gasteiger charge is -2.19. The summed E-state index contributed by atoms with van der Waals surface area (Å²) in [5, 5.41) is -0.233. The van der Waals surface area contributed by atoms with Gasteiger partial charge in [-0.2, -0.15) is 0 Å². The molecule has 0 radical (unpaired) electrons. The van der Waals surface area contributed by atoms with Crippen LogP contribution in [0.1, 0.15) is 45.9 Å². The Morgan fingerprint density at radius 1 is 1.24 bits per heavy atom. The summed E-state index contributed by atoms with van der Waals surface area (Å²) in [6.07, 6.45) is 2.12. The number of hydrogen-bond acceptors (Lipinski definition) is 5. The molecule has 0 bridgehead atoms. The van der Waals surface area contributed by atoms with E-state index in [1.807, 2.05) is 34.9 Å². The van der Waals surface area contributed by atoms with Gasteiger partial charge >= 0.3 is 0 Å². The van der Waals surface area contributed by atoms with Crippen molar-refractivity contribution in [1.82, 2.24) is 9.88 Å². The molecule has 1 aromatic carbocycles. The van der Waals surface area contributed by atoms with Crippen molar-refractivity contribution in [2.45, 2.75) is 61.6 Å². The van der Waals surface area contributed by atoms with Crippen molar-refractivity contribution < 1.29 is 12.8 Å². The van der Waals surface area contributed by atoms with Gasteiger partial charge in [0.25, 0.3) is 0 Å². The van der Waals surface area contributed by atoms with Crippen LogP contribution in [-0.2, 0) is 15.3 Å². The molecular weight excluding hydrogens is 360 g/mol. The first-order valence-corrected chi connectivity index (χ1v) is 10.4. The highest BCUT2D eigenvalue weighted by Gasteiger charge is 2.39. The van der Waals surface area contributed by atoms with Gasteiger partial charge in [0.05, 0.1) is 10.3 Å². The van der Waals surface area contributed by atoms with E-state index in [-0.39, 0.29) is 27.0 Å². The highest BCUT2D eigenvalue weighted by molar-refractivity contribution is 7.92. The maximum atomic E-state index is 13.3. The topological polar surface area (TPSA) is 63.4 Å². The van der Waals surface area contributed by atoms with Gasteiger partial charge in [-0.3, -0.25) is 0 Å². The minimum atomic E-state index is -3.59. The number of oxazole rings is 1. The smallest absolute Gasteiger partial charge is 0.200 e. The Labute approximate surface area is 154 Å². The summed E-state index contributed by atoms with van der Waals surface area (Å²) in [5.74, 6) is 0.513. The second kappa shape index (κ2) is 6.25. The fourth-order valence-corrected chi connectivity index (χ4v) is 5.84. The number of hydrogen-bond donors (Lipinski definition) is 0. The van der Waals surface area contributed by atoms with Crippen LogP contribution in [0.15, 0.2) is 21.4 Å². The van der Waals surface area contributed by atoms with Crippen LogP contribution in [0.2, 0.25) is 5.02 Å². The van der Waals surface area contributed by atoms with E-state index in [0.717, 1.165) is 6.42 Å². The number of fused-ring (bicyclic) bond motifs is 1. The number of nitrogens with zero attached hydrogens (tertiary/aromatic N) is 2. The average Bonchev–Trinajstić information content (AvgIpc) is 3.13. The van der Waals surface area contributed by atoms with E-state index in [1.54, 1.807) is 12.1 Å². The molecule has 1 aliphatic rings. The molecule has 1 fully saturated rings. The molecule has 138 valence electrons. The summed E-state index contributed by atoms with van der Waals surface area (Å²) < 4.78 is 32.5. The molecule has 2 aromatic rings. The van der Waals surface area contributed by atoms with Crippen LogP contribution in [0.4, 0.5) is 0 Å². The molecule has 3 rings (SSSR count). The van der Waals surface area contributed by atoms with E-state index in [9.17, 15) is 8.42 Å². The normalized spacial score (nSPS) is 22.2. The van der Waals surface area contributed by atoms with Crippen LogP contribution in [-0.4, -0.2) is 43.7 Å². The molecule has 25 heavy (non-hydrogen) atoms. The van der Waals surface area contributed by atoms with Crippen LogP contribution in [0.25, 0.3) is 11.1 Å². The lowest BCUT2D eigenvalue weighted by molar-refractivity contribution is 0.299. The summed E-state index contributed by atoms with van der Waals surface area (Å²) in [6, 6.07) is 3.59. The Kier molecular flexibility index (Phi) is 4.67. The molecule has 7 heteroatoms. The zero-order valence-electron chi connectivity index (χ0n) is 15.3. The van der Waals surface area contributed by atoms with Crippen molar-refractivity contribution in [3.8, 4) is 0 Å². The van der Waals surface area contributed by atoms with E-state index < -0.39 is 15.1 Å². The molecule has 2 atom stereocenters. The standard InChI is InChI=1S/C18H25ClN2O3S/c1-18(2,3)17-20-14-9-8-13(19)16(15(14)24-17)25(22,23)12-7-6-11(10-12)21(4)5/h8-9,11-12H,6-7,10H2,1-5H3/t11-,12+/m1/s1. The molecule has 0 amide bonds. The average molecular weight is 385 g/mol. The van der Waals surface area contributed by atoms with Gasteiger partial charge in [-0.05, 0) is 45.5 Å². The molecule has 0 N–H and O–H groups in total. The van der Waals surface area contributed by atoms with Crippen molar-refractivity contribution in [3.63, 3.8) is 0 Å². The van der Waals surface area contributed by atoms with Gasteiger partial charge in [-0.1, -0.05) is 32.4 Å². The molecule has 0 spiro atoms. The molecule has 5 nitrogen and oxygen atoms in total. The van der Waals surface area contributed by atoms with Gasteiger partial charge in [0.2, 0.25) is 5.89 Å². The summed E-state index contributed by atoms with van der Waals surface area (Å²) in [5.41, 5.74) is 0.511. The maximum Gasteiger partial charge on any atom is 0.200 e.